The van der Waals surface area contributed by atoms with Gasteiger partial charge in [0.15, 0.2) is 5.69 Å². The van der Waals surface area contributed by atoms with Crippen LogP contribution in [0.4, 0.5) is 5.69 Å². The Morgan fingerprint density at radius 1 is 1.29 bits per heavy atom. The molecule has 1 heterocycles. The van der Waals surface area contributed by atoms with Crippen LogP contribution in [0.1, 0.15) is 54.5 Å². The monoisotopic (exact) mass is 350 g/mol. The van der Waals surface area contributed by atoms with Crippen molar-refractivity contribution in [3.8, 4) is 0 Å². The van der Waals surface area contributed by atoms with Gasteiger partial charge < -0.3 is 11.1 Å². The second kappa shape index (κ2) is 6.30. The van der Waals surface area contributed by atoms with Gasteiger partial charge in [-0.05, 0) is 30.5 Å². The van der Waals surface area contributed by atoms with Gasteiger partial charge in [0, 0.05) is 4.47 Å². The van der Waals surface area contributed by atoms with Gasteiger partial charge in [0.05, 0.1) is 17.4 Å². The molecule has 0 bridgehead atoms. The molecule has 1 amide bonds. The topological polar surface area (TPSA) is 83.8 Å². The highest BCUT2D eigenvalue weighted by atomic mass is 79.9. The van der Waals surface area contributed by atoms with Crippen molar-refractivity contribution in [3.63, 3.8) is 0 Å². The number of nitrogens with one attached hydrogen (secondary N) is 2. The number of anilines is 1. The van der Waals surface area contributed by atoms with Gasteiger partial charge in [-0.2, -0.15) is 5.10 Å². The van der Waals surface area contributed by atoms with Crippen molar-refractivity contribution in [3.05, 3.63) is 45.7 Å². The molecule has 2 rings (SSSR count). The van der Waals surface area contributed by atoms with E-state index in [9.17, 15) is 4.79 Å². The number of halogens is 1. The lowest BCUT2D eigenvalue weighted by Gasteiger charge is -2.14. The molecular formula is C15H19BrN4O. The molecule has 21 heavy (non-hydrogen) atoms. The number of hydrogen-bond acceptors (Lipinski definition) is 3. The molecule has 0 aliphatic heterocycles. The van der Waals surface area contributed by atoms with Crippen LogP contribution in [0.25, 0.3) is 0 Å². The second-order valence-corrected chi connectivity index (χ2v) is 6.22. The first-order valence-corrected chi connectivity index (χ1v) is 7.59. The SMILES string of the molecule is CC(C)c1[nH]nc(C(=O)N[C@H](C)c2ccc(Br)cc2)c1N. The van der Waals surface area contributed by atoms with E-state index in [1.165, 1.54) is 0 Å². The summed E-state index contributed by atoms with van der Waals surface area (Å²) in [5.41, 5.74) is 8.46. The molecule has 0 spiro atoms. The van der Waals surface area contributed by atoms with Crippen molar-refractivity contribution in [2.24, 2.45) is 0 Å². The Hall–Kier alpha value is -1.82. The van der Waals surface area contributed by atoms with E-state index >= 15 is 0 Å². The quantitative estimate of drug-likeness (QED) is 0.790. The summed E-state index contributed by atoms with van der Waals surface area (Å²) in [7, 11) is 0. The second-order valence-electron chi connectivity index (χ2n) is 5.30. The van der Waals surface area contributed by atoms with Crippen molar-refractivity contribution in [1.29, 1.82) is 0 Å². The van der Waals surface area contributed by atoms with E-state index in [2.05, 4.69) is 31.4 Å². The van der Waals surface area contributed by atoms with Gasteiger partial charge in [-0.3, -0.25) is 9.89 Å². The zero-order valence-electron chi connectivity index (χ0n) is 12.3. The maximum absolute atomic E-state index is 12.3. The van der Waals surface area contributed by atoms with Crippen molar-refractivity contribution >= 4 is 27.5 Å². The minimum absolute atomic E-state index is 0.121. The lowest BCUT2D eigenvalue weighted by molar-refractivity contribution is 0.0935. The van der Waals surface area contributed by atoms with E-state index < -0.39 is 0 Å². The van der Waals surface area contributed by atoms with E-state index in [1.54, 1.807) is 0 Å². The van der Waals surface area contributed by atoms with Gasteiger partial charge in [-0.15, -0.1) is 0 Å². The number of aromatic amines is 1. The summed E-state index contributed by atoms with van der Waals surface area (Å²) in [6.45, 7) is 5.92. The maximum Gasteiger partial charge on any atom is 0.274 e. The Morgan fingerprint density at radius 2 is 1.90 bits per heavy atom. The summed E-state index contributed by atoms with van der Waals surface area (Å²) in [4.78, 5) is 12.3. The smallest absolute Gasteiger partial charge is 0.274 e. The van der Waals surface area contributed by atoms with E-state index in [0.29, 0.717) is 5.69 Å². The van der Waals surface area contributed by atoms with Crippen molar-refractivity contribution < 1.29 is 4.79 Å². The van der Waals surface area contributed by atoms with E-state index in [4.69, 9.17) is 5.73 Å². The van der Waals surface area contributed by atoms with Crippen LogP contribution in [0, 0.1) is 0 Å². The molecule has 0 aliphatic rings. The summed E-state index contributed by atoms with van der Waals surface area (Å²) in [6, 6.07) is 7.68. The summed E-state index contributed by atoms with van der Waals surface area (Å²) in [6.07, 6.45) is 0. The minimum Gasteiger partial charge on any atom is -0.395 e. The van der Waals surface area contributed by atoms with Gasteiger partial charge in [-0.1, -0.05) is 41.9 Å². The average molecular weight is 351 g/mol. The predicted molar refractivity (Wildman–Crippen MR) is 87.1 cm³/mol. The fourth-order valence-corrected chi connectivity index (χ4v) is 2.34. The molecule has 1 atom stereocenters. The van der Waals surface area contributed by atoms with Crippen LogP contribution in [0.15, 0.2) is 28.7 Å². The molecule has 112 valence electrons. The van der Waals surface area contributed by atoms with Crippen molar-refractivity contribution in [1.82, 2.24) is 15.5 Å². The summed E-state index contributed by atoms with van der Waals surface area (Å²) in [5.74, 6) is -0.0750. The standard InChI is InChI=1S/C15H19BrN4O/c1-8(2)13-12(17)14(20-19-13)15(21)18-9(3)10-4-6-11(16)7-5-10/h4-9H,17H2,1-3H3,(H,18,21)(H,19,20)/t9-/m1/s1. The Labute approximate surface area is 132 Å². The molecule has 1 aromatic carbocycles. The number of H-pyrrole nitrogens is 1. The van der Waals surface area contributed by atoms with Crippen LogP contribution in [-0.2, 0) is 0 Å². The number of nitrogens with two attached hydrogens (primary N) is 1. The fraction of sp³-hybridized carbons (Fsp3) is 0.333. The number of nitrogen functional groups attached to an aromatic ring is 1. The Kier molecular flexibility index (Phi) is 4.67. The highest BCUT2D eigenvalue weighted by Gasteiger charge is 2.20. The molecule has 4 N–H and O–H groups in total. The highest BCUT2D eigenvalue weighted by Crippen LogP contribution is 2.23. The molecule has 0 radical (unpaired) electrons. The third kappa shape index (κ3) is 3.44. The molecule has 5 nitrogen and oxygen atoms in total. The normalized spacial score (nSPS) is 12.4. The first kappa shape index (κ1) is 15.6. The predicted octanol–water partition coefficient (Wildman–Crippen LogP) is 3.37. The number of nitrogens with zero attached hydrogens (tertiary/aromatic N) is 1. The molecule has 0 saturated heterocycles. The van der Waals surface area contributed by atoms with Crippen LogP contribution in [0.2, 0.25) is 0 Å². The molecule has 2 aromatic rings. The maximum atomic E-state index is 12.3. The summed E-state index contributed by atoms with van der Waals surface area (Å²) in [5, 5.41) is 9.77. The van der Waals surface area contributed by atoms with Crippen molar-refractivity contribution in [2.45, 2.75) is 32.7 Å². The Balaban J connectivity index is 2.12. The van der Waals surface area contributed by atoms with Crippen LogP contribution >= 0.6 is 15.9 Å². The first-order chi connectivity index (χ1) is 9.90. The minimum atomic E-state index is -0.272. The van der Waals surface area contributed by atoms with E-state index in [1.807, 2.05) is 45.0 Å². The first-order valence-electron chi connectivity index (χ1n) is 6.80. The Morgan fingerprint density at radius 3 is 2.43 bits per heavy atom. The average Bonchev–Trinajstić information content (AvgIpc) is 2.81. The third-order valence-corrected chi connectivity index (χ3v) is 3.87. The molecule has 0 unspecified atom stereocenters. The number of carbonyl (C=O) groups is 1. The number of hydrogen-bond donors (Lipinski definition) is 3. The largest absolute Gasteiger partial charge is 0.395 e. The number of amides is 1. The highest BCUT2D eigenvalue weighted by molar-refractivity contribution is 9.10. The molecular weight excluding hydrogens is 332 g/mol. The van der Waals surface area contributed by atoms with E-state index in [0.717, 1.165) is 15.7 Å². The molecule has 0 aliphatic carbocycles. The lowest BCUT2D eigenvalue weighted by Crippen LogP contribution is -2.27. The molecule has 0 fully saturated rings. The summed E-state index contributed by atoms with van der Waals surface area (Å²) < 4.78 is 1.00. The zero-order chi connectivity index (χ0) is 15.6. The van der Waals surface area contributed by atoms with Gasteiger partial charge in [-0.25, -0.2) is 0 Å². The van der Waals surface area contributed by atoms with Crippen molar-refractivity contribution in [2.75, 3.05) is 5.73 Å². The van der Waals surface area contributed by atoms with Crippen LogP contribution in [0.3, 0.4) is 0 Å². The third-order valence-electron chi connectivity index (χ3n) is 3.34. The number of rotatable bonds is 4. The number of benzene rings is 1. The van der Waals surface area contributed by atoms with Crippen LogP contribution in [-0.4, -0.2) is 16.1 Å². The van der Waals surface area contributed by atoms with Gasteiger partial charge in [0.25, 0.3) is 5.91 Å². The molecule has 0 saturated carbocycles. The van der Waals surface area contributed by atoms with Crippen LogP contribution in [0.5, 0.6) is 0 Å². The number of carbonyl (C=O) groups excluding carboxylic acids is 1. The molecule has 1 aromatic heterocycles. The lowest BCUT2D eigenvalue weighted by atomic mass is 10.1. The van der Waals surface area contributed by atoms with Crippen LogP contribution < -0.4 is 11.1 Å². The fourth-order valence-electron chi connectivity index (χ4n) is 2.08. The van der Waals surface area contributed by atoms with Gasteiger partial charge in [0.1, 0.15) is 0 Å². The zero-order valence-corrected chi connectivity index (χ0v) is 13.9. The number of aromatic nitrogens is 2. The molecule has 6 heteroatoms. The Bertz CT molecular complexity index is 634. The van der Waals surface area contributed by atoms with Gasteiger partial charge >= 0.3 is 0 Å². The van der Waals surface area contributed by atoms with Gasteiger partial charge in [0.2, 0.25) is 0 Å². The van der Waals surface area contributed by atoms with E-state index in [-0.39, 0.29) is 23.6 Å². The summed E-state index contributed by atoms with van der Waals surface area (Å²) >= 11 is 3.39.